The molecular formula is C17H15ClN2O2. The van der Waals surface area contributed by atoms with Gasteiger partial charge in [0.2, 0.25) is 0 Å². The normalized spacial score (nSPS) is 17.7. The van der Waals surface area contributed by atoms with Gasteiger partial charge in [-0.3, -0.25) is 4.79 Å². The molecule has 3 rings (SSSR count). The minimum Gasteiger partial charge on any atom is -0.325 e. The van der Waals surface area contributed by atoms with Crippen molar-refractivity contribution in [1.82, 2.24) is 5.32 Å². The second-order valence-corrected chi connectivity index (χ2v) is 5.61. The third kappa shape index (κ3) is 2.97. The molecule has 1 fully saturated rings. The summed E-state index contributed by atoms with van der Waals surface area (Å²) in [5.74, 6) is -0.219. The second-order valence-electron chi connectivity index (χ2n) is 5.18. The van der Waals surface area contributed by atoms with Gasteiger partial charge in [-0.1, -0.05) is 41.9 Å². The molecule has 1 atom stereocenters. The van der Waals surface area contributed by atoms with Crippen LogP contribution in [0, 0.1) is 0 Å². The summed E-state index contributed by atoms with van der Waals surface area (Å²) >= 11 is 5.83. The third-order valence-corrected chi connectivity index (χ3v) is 3.92. The Morgan fingerprint density at radius 2 is 1.68 bits per heavy atom. The maximum absolute atomic E-state index is 12.4. The van der Waals surface area contributed by atoms with Crippen molar-refractivity contribution >= 4 is 29.2 Å². The summed E-state index contributed by atoms with van der Waals surface area (Å²) in [6, 6.07) is 15.7. The van der Waals surface area contributed by atoms with E-state index in [1.807, 2.05) is 30.3 Å². The highest BCUT2D eigenvalue weighted by Crippen LogP contribution is 2.23. The number of hydrogen-bond donors (Lipinski definition) is 1. The predicted molar refractivity (Wildman–Crippen MR) is 86.0 cm³/mol. The number of carbonyl (C=O) groups excluding carboxylic acids is 2. The van der Waals surface area contributed by atoms with Gasteiger partial charge in [-0.05, 0) is 42.7 Å². The quantitative estimate of drug-likeness (QED) is 0.879. The summed E-state index contributed by atoms with van der Waals surface area (Å²) < 4.78 is 0. The van der Waals surface area contributed by atoms with Gasteiger partial charge in [0, 0.05) is 5.02 Å². The summed E-state index contributed by atoms with van der Waals surface area (Å²) in [5.41, 5.74) is 1.68. The molecule has 0 saturated carbocycles. The lowest BCUT2D eigenvalue weighted by molar-refractivity contribution is -0.118. The fraction of sp³-hybridized carbons (Fsp3) is 0.176. The fourth-order valence-electron chi connectivity index (χ4n) is 2.52. The SMILES string of the molecule is O=C1NC(CCc2ccccc2)C(=O)N1c1ccc(Cl)cc1. The standard InChI is InChI=1S/C17H15ClN2O2/c18-13-7-9-14(10-8-13)20-16(21)15(19-17(20)22)11-6-12-4-2-1-3-5-12/h1-5,7-10,15H,6,11H2,(H,19,22). The van der Waals surface area contributed by atoms with E-state index >= 15 is 0 Å². The molecule has 0 radical (unpaired) electrons. The van der Waals surface area contributed by atoms with Crippen molar-refractivity contribution in [2.75, 3.05) is 4.90 Å². The molecule has 2 aromatic rings. The van der Waals surface area contributed by atoms with Crippen molar-refractivity contribution < 1.29 is 9.59 Å². The average molecular weight is 315 g/mol. The van der Waals surface area contributed by atoms with Crippen LogP contribution in [0.2, 0.25) is 5.02 Å². The van der Waals surface area contributed by atoms with Crippen molar-refractivity contribution in [3.05, 3.63) is 65.2 Å². The molecule has 0 spiro atoms. The summed E-state index contributed by atoms with van der Waals surface area (Å²) in [5, 5.41) is 3.31. The molecular weight excluding hydrogens is 300 g/mol. The maximum atomic E-state index is 12.4. The van der Waals surface area contributed by atoms with E-state index in [9.17, 15) is 9.59 Å². The molecule has 0 aromatic heterocycles. The highest BCUT2D eigenvalue weighted by atomic mass is 35.5. The lowest BCUT2D eigenvalue weighted by Gasteiger charge is -2.13. The van der Waals surface area contributed by atoms with Gasteiger partial charge in [0.05, 0.1) is 5.69 Å². The largest absolute Gasteiger partial charge is 0.329 e. The molecule has 4 nitrogen and oxygen atoms in total. The number of urea groups is 1. The highest BCUT2D eigenvalue weighted by Gasteiger charge is 2.38. The number of rotatable bonds is 4. The molecule has 112 valence electrons. The number of nitrogens with zero attached hydrogens (tertiary/aromatic N) is 1. The zero-order valence-electron chi connectivity index (χ0n) is 11.8. The number of halogens is 1. The number of carbonyl (C=O) groups is 2. The van der Waals surface area contributed by atoms with Crippen LogP contribution >= 0.6 is 11.6 Å². The lowest BCUT2D eigenvalue weighted by atomic mass is 10.1. The number of nitrogens with one attached hydrogen (secondary N) is 1. The van der Waals surface area contributed by atoms with Gasteiger partial charge in [-0.15, -0.1) is 0 Å². The summed E-state index contributed by atoms with van der Waals surface area (Å²) in [4.78, 5) is 25.7. The first kappa shape index (κ1) is 14.6. The van der Waals surface area contributed by atoms with E-state index in [1.165, 1.54) is 4.90 Å². The third-order valence-electron chi connectivity index (χ3n) is 3.67. The molecule has 2 aromatic carbocycles. The maximum Gasteiger partial charge on any atom is 0.329 e. The van der Waals surface area contributed by atoms with Crippen LogP contribution in [0.25, 0.3) is 0 Å². The number of aryl methyl sites for hydroxylation is 1. The minimum atomic E-state index is -0.483. The zero-order valence-corrected chi connectivity index (χ0v) is 12.6. The Balaban J connectivity index is 1.70. The van der Waals surface area contributed by atoms with Gasteiger partial charge in [-0.25, -0.2) is 9.69 Å². The molecule has 1 unspecified atom stereocenters. The van der Waals surface area contributed by atoms with Gasteiger partial charge in [0.15, 0.2) is 0 Å². The molecule has 1 aliphatic heterocycles. The van der Waals surface area contributed by atoms with E-state index in [4.69, 9.17) is 11.6 Å². The number of hydrogen-bond acceptors (Lipinski definition) is 2. The fourth-order valence-corrected chi connectivity index (χ4v) is 2.64. The molecule has 1 aliphatic rings. The second kappa shape index (κ2) is 6.20. The Kier molecular flexibility index (Phi) is 4.11. The van der Waals surface area contributed by atoms with E-state index in [0.29, 0.717) is 17.1 Å². The van der Waals surface area contributed by atoms with Crippen molar-refractivity contribution in [3.8, 4) is 0 Å². The van der Waals surface area contributed by atoms with Crippen LogP contribution in [0.15, 0.2) is 54.6 Å². The van der Waals surface area contributed by atoms with E-state index in [1.54, 1.807) is 24.3 Å². The van der Waals surface area contributed by atoms with Gasteiger partial charge in [-0.2, -0.15) is 0 Å². The molecule has 1 N–H and O–H groups in total. The molecule has 0 aliphatic carbocycles. The molecule has 5 heteroatoms. The van der Waals surface area contributed by atoms with E-state index in [2.05, 4.69) is 5.32 Å². The molecule has 1 heterocycles. The lowest BCUT2D eigenvalue weighted by Crippen LogP contribution is -2.31. The summed E-state index contributed by atoms with van der Waals surface area (Å²) in [6.45, 7) is 0. The van der Waals surface area contributed by atoms with Crippen LogP contribution in [0.1, 0.15) is 12.0 Å². The van der Waals surface area contributed by atoms with Crippen LogP contribution in [0.5, 0.6) is 0 Å². The van der Waals surface area contributed by atoms with Crippen molar-refractivity contribution in [2.24, 2.45) is 0 Å². The first-order chi connectivity index (χ1) is 10.6. The van der Waals surface area contributed by atoms with Crippen LogP contribution in [-0.4, -0.2) is 18.0 Å². The number of benzene rings is 2. The van der Waals surface area contributed by atoms with Gasteiger partial charge < -0.3 is 5.32 Å². The molecule has 3 amide bonds. The first-order valence-electron chi connectivity index (χ1n) is 7.09. The van der Waals surface area contributed by atoms with Gasteiger partial charge in [0.1, 0.15) is 6.04 Å². The van der Waals surface area contributed by atoms with E-state index < -0.39 is 6.04 Å². The van der Waals surface area contributed by atoms with Crippen LogP contribution < -0.4 is 10.2 Å². The highest BCUT2D eigenvalue weighted by molar-refractivity contribution is 6.30. The summed E-state index contributed by atoms with van der Waals surface area (Å²) in [7, 11) is 0. The average Bonchev–Trinajstić information content (AvgIpc) is 2.82. The monoisotopic (exact) mass is 314 g/mol. The topological polar surface area (TPSA) is 49.4 Å². The number of amides is 3. The Labute approximate surface area is 133 Å². The smallest absolute Gasteiger partial charge is 0.325 e. The van der Waals surface area contributed by atoms with Gasteiger partial charge in [0.25, 0.3) is 5.91 Å². The predicted octanol–water partition coefficient (Wildman–Crippen LogP) is 3.40. The van der Waals surface area contributed by atoms with Crippen LogP contribution in [0.3, 0.4) is 0 Å². The Morgan fingerprint density at radius 3 is 2.36 bits per heavy atom. The van der Waals surface area contributed by atoms with Gasteiger partial charge >= 0.3 is 6.03 Å². The van der Waals surface area contributed by atoms with Crippen LogP contribution in [0.4, 0.5) is 10.5 Å². The van der Waals surface area contributed by atoms with Crippen molar-refractivity contribution in [1.29, 1.82) is 0 Å². The van der Waals surface area contributed by atoms with Crippen LogP contribution in [-0.2, 0) is 11.2 Å². The molecule has 1 saturated heterocycles. The van der Waals surface area contributed by atoms with Crippen molar-refractivity contribution in [3.63, 3.8) is 0 Å². The number of anilines is 1. The first-order valence-corrected chi connectivity index (χ1v) is 7.47. The Bertz CT molecular complexity index is 686. The Morgan fingerprint density at radius 1 is 1.00 bits per heavy atom. The zero-order chi connectivity index (χ0) is 15.5. The van der Waals surface area contributed by atoms with E-state index in [0.717, 1.165) is 12.0 Å². The molecule has 0 bridgehead atoms. The summed E-state index contributed by atoms with van der Waals surface area (Å²) in [6.07, 6.45) is 1.32. The van der Waals surface area contributed by atoms with Crippen molar-refractivity contribution in [2.45, 2.75) is 18.9 Å². The molecule has 22 heavy (non-hydrogen) atoms. The number of imide groups is 1. The van der Waals surface area contributed by atoms with E-state index in [-0.39, 0.29) is 11.9 Å². The Hall–Kier alpha value is -2.33. The minimum absolute atomic E-state index is 0.219.